The maximum atomic E-state index is 12.5. The Labute approximate surface area is 144 Å². The highest BCUT2D eigenvalue weighted by molar-refractivity contribution is 7.15. The van der Waals surface area contributed by atoms with Crippen molar-refractivity contribution in [3.8, 4) is 5.75 Å². The first-order chi connectivity index (χ1) is 11.6. The number of amides is 1. The van der Waals surface area contributed by atoms with E-state index in [2.05, 4.69) is 15.5 Å². The zero-order valence-electron chi connectivity index (χ0n) is 13.9. The van der Waals surface area contributed by atoms with E-state index in [1.54, 1.807) is 7.11 Å². The first kappa shape index (κ1) is 16.4. The number of benzene rings is 2. The third kappa shape index (κ3) is 3.38. The molecular weight excluding hydrogens is 322 g/mol. The van der Waals surface area contributed by atoms with E-state index in [1.165, 1.54) is 11.3 Å². The van der Waals surface area contributed by atoms with Gasteiger partial charge in [-0.1, -0.05) is 42.5 Å². The van der Waals surface area contributed by atoms with Crippen LogP contribution in [0.15, 0.2) is 36.4 Å². The third-order valence-electron chi connectivity index (χ3n) is 3.96. The zero-order valence-corrected chi connectivity index (χ0v) is 14.7. The standard InChI is InChI=1S/C18H19N3O2S/c1-4-16-20-21-18(24-16)19-17(22)11(2)12-5-6-14-10-15(23-3)8-7-13(14)9-12/h5-11H,4H2,1-3H3,(H,19,21,22). The Kier molecular flexibility index (Phi) is 4.76. The van der Waals surface area contributed by atoms with Gasteiger partial charge in [-0.2, -0.15) is 0 Å². The number of methoxy groups -OCH3 is 1. The number of fused-ring (bicyclic) bond motifs is 1. The van der Waals surface area contributed by atoms with Crippen molar-refractivity contribution in [3.63, 3.8) is 0 Å². The van der Waals surface area contributed by atoms with Gasteiger partial charge in [0.15, 0.2) is 0 Å². The average molecular weight is 341 g/mol. The van der Waals surface area contributed by atoms with Crippen LogP contribution >= 0.6 is 11.3 Å². The molecule has 1 aromatic heterocycles. The second-order valence-electron chi connectivity index (χ2n) is 5.54. The second-order valence-corrected chi connectivity index (χ2v) is 6.60. The van der Waals surface area contributed by atoms with Gasteiger partial charge in [-0.25, -0.2) is 0 Å². The zero-order chi connectivity index (χ0) is 17.1. The summed E-state index contributed by atoms with van der Waals surface area (Å²) in [6.45, 7) is 3.90. The van der Waals surface area contributed by atoms with E-state index in [4.69, 9.17) is 4.74 Å². The van der Waals surface area contributed by atoms with E-state index in [9.17, 15) is 4.79 Å². The Hall–Kier alpha value is -2.47. The van der Waals surface area contributed by atoms with Crippen molar-refractivity contribution in [2.45, 2.75) is 26.2 Å². The van der Waals surface area contributed by atoms with Crippen LogP contribution in [0, 0.1) is 0 Å². The second kappa shape index (κ2) is 6.97. The highest BCUT2D eigenvalue weighted by Gasteiger charge is 2.17. The number of rotatable bonds is 5. The lowest BCUT2D eigenvalue weighted by Crippen LogP contribution is -2.18. The number of aryl methyl sites for hydroxylation is 1. The molecule has 1 amide bonds. The maximum Gasteiger partial charge on any atom is 0.233 e. The fourth-order valence-corrected chi connectivity index (χ4v) is 3.13. The van der Waals surface area contributed by atoms with Gasteiger partial charge >= 0.3 is 0 Å². The van der Waals surface area contributed by atoms with Gasteiger partial charge < -0.3 is 10.1 Å². The number of anilines is 1. The monoisotopic (exact) mass is 341 g/mol. The Balaban J connectivity index is 1.79. The van der Waals surface area contributed by atoms with Gasteiger partial charge in [0.05, 0.1) is 13.0 Å². The lowest BCUT2D eigenvalue weighted by atomic mass is 9.97. The molecule has 1 heterocycles. The van der Waals surface area contributed by atoms with Crippen molar-refractivity contribution in [1.82, 2.24) is 10.2 Å². The van der Waals surface area contributed by atoms with Crippen molar-refractivity contribution < 1.29 is 9.53 Å². The third-order valence-corrected chi connectivity index (χ3v) is 4.95. The lowest BCUT2D eigenvalue weighted by molar-refractivity contribution is -0.117. The van der Waals surface area contributed by atoms with Gasteiger partial charge in [-0.05, 0) is 41.8 Å². The van der Waals surface area contributed by atoms with E-state index in [1.807, 2.05) is 50.2 Å². The summed E-state index contributed by atoms with van der Waals surface area (Å²) in [4.78, 5) is 12.5. The molecule has 3 rings (SSSR count). The summed E-state index contributed by atoms with van der Waals surface area (Å²) in [5.41, 5.74) is 0.963. The summed E-state index contributed by atoms with van der Waals surface area (Å²) in [6.07, 6.45) is 0.817. The minimum absolute atomic E-state index is 0.0818. The van der Waals surface area contributed by atoms with Gasteiger partial charge in [0.2, 0.25) is 11.0 Å². The minimum atomic E-state index is -0.273. The van der Waals surface area contributed by atoms with Gasteiger partial charge in [-0.15, -0.1) is 10.2 Å². The summed E-state index contributed by atoms with van der Waals surface area (Å²) in [7, 11) is 1.65. The molecule has 0 fully saturated rings. The van der Waals surface area contributed by atoms with Gasteiger partial charge in [0, 0.05) is 0 Å². The van der Waals surface area contributed by atoms with Crippen LogP contribution < -0.4 is 10.1 Å². The SMILES string of the molecule is CCc1nnc(NC(=O)C(C)c2ccc3cc(OC)ccc3c2)s1. The van der Waals surface area contributed by atoms with E-state index < -0.39 is 0 Å². The van der Waals surface area contributed by atoms with Crippen molar-refractivity contribution in [2.75, 3.05) is 12.4 Å². The molecule has 1 N–H and O–H groups in total. The molecule has 0 aliphatic rings. The molecule has 0 spiro atoms. The number of hydrogen-bond acceptors (Lipinski definition) is 5. The minimum Gasteiger partial charge on any atom is -0.497 e. The number of carbonyl (C=O) groups excluding carboxylic acids is 1. The van der Waals surface area contributed by atoms with Gasteiger partial charge in [-0.3, -0.25) is 4.79 Å². The van der Waals surface area contributed by atoms with Crippen LogP contribution in [0.3, 0.4) is 0 Å². The van der Waals surface area contributed by atoms with Crippen molar-refractivity contribution in [1.29, 1.82) is 0 Å². The van der Waals surface area contributed by atoms with Crippen LogP contribution in [0.2, 0.25) is 0 Å². The predicted molar refractivity (Wildman–Crippen MR) is 96.8 cm³/mol. The van der Waals surface area contributed by atoms with E-state index in [-0.39, 0.29) is 11.8 Å². The van der Waals surface area contributed by atoms with Crippen LogP contribution in [-0.4, -0.2) is 23.2 Å². The van der Waals surface area contributed by atoms with E-state index >= 15 is 0 Å². The smallest absolute Gasteiger partial charge is 0.233 e. The molecule has 1 unspecified atom stereocenters. The number of carbonyl (C=O) groups is 1. The van der Waals surface area contributed by atoms with Crippen LogP contribution in [0.1, 0.15) is 30.3 Å². The normalized spacial score (nSPS) is 12.1. The maximum absolute atomic E-state index is 12.5. The number of nitrogens with zero attached hydrogens (tertiary/aromatic N) is 2. The highest BCUT2D eigenvalue weighted by Crippen LogP contribution is 2.26. The fraction of sp³-hybridized carbons (Fsp3) is 0.278. The molecule has 24 heavy (non-hydrogen) atoms. The molecule has 0 saturated heterocycles. The molecule has 1 atom stereocenters. The molecule has 0 radical (unpaired) electrons. The molecule has 2 aromatic carbocycles. The first-order valence-electron chi connectivity index (χ1n) is 7.81. The number of hydrogen-bond donors (Lipinski definition) is 1. The summed E-state index contributed by atoms with van der Waals surface area (Å²) in [6, 6.07) is 11.9. The molecule has 5 nitrogen and oxygen atoms in total. The number of aromatic nitrogens is 2. The quantitative estimate of drug-likeness (QED) is 0.762. The van der Waals surface area contributed by atoms with Crippen molar-refractivity contribution in [2.24, 2.45) is 0 Å². The van der Waals surface area contributed by atoms with E-state index in [0.29, 0.717) is 5.13 Å². The molecule has 0 aliphatic carbocycles. The highest BCUT2D eigenvalue weighted by atomic mass is 32.1. The summed E-state index contributed by atoms with van der Waals surface area (Å²) >= 11 is 1.41. The average Bonchev–Trinajstić information content (AvgIpc) is 3.07. The topological polar surface area (TPSA) is 64.1 Å². The van der Waals surface area contributed by atoms with Crippen LogP contribution in [-0.2, 0) is 11.2 Å². The molecule has 0 saturated carbocycles. The number of nitrogens with one attached hydrogen (secondary N) is 1. The largest absolute Gasteiger partial charge is 0.497 e. The van der Waals surface area contributed by atoms with Crippen molar-refractivity contribution in [3.05, 3.63) is 47.0 Å². The van der Waals surface area contributed by atoms with Gasteiger partial charge in [0.1, 0.15) is 10.8 Å². The predicted octanol–water partition coefficient (Wildman–Crippen LogP) is 4.00. The lowest BCUT2D eigenvalue weighted by Gasteiger charge is -2.12. The summed E-state index contributed by atoms with van der Waals surface area (Å²) < 4.78 is 5.24. The molecule has 124 valence electrons. The van der Waals surface area contributed by atoms with Crippen LogP contribution in [0.4, 0.5) is 5.13 Å². The molecule has 3 aromatic rings. The Morgan fingerprint density at radius 1 is 1.21 bits per heavy atom. The Bertz CT molecular complexity index is 876. The first-order valence-corrected chi connectivity index (χ1v) is 8.63. The van der Waals surface area contributed by atoms with Gasteiger partial charge in [0.25, 0.3) is 0 Å². The summed E-state index contributed by atoms with van der Waals surface area (Å²) in [5.74, 6) is 0.469. The molecule has 0 bridgehead atoms. The van der Waals surface area contributed by atoms with Crippen LogP contribution in [0.25, 0.3) is 10.8 Å². The van der Waals surface area contributed by atoms with E-state index in [0.717, 1.165) is 33.5 Å². The Morgan fingerprint density at radius 3 is 2.67 bits per heavy atom. The molecule has 0 aliphatic heterocycles. The van der Waals surface area contributed by atoms with Crippen molar-refractivity contribution >= 4 is 33.1 Å². The summed E-state index contributed by atoms with van der Waals surface area (Å²) in [5, 5.41) is 14.5. The Morgan fingerprint density at radius 2 is 1.96 bits per heavy atom. The molecule has 6 heteroatoms. The molecular formula is C18H19N3O2S. The number of ether oxygens (including phenoxy) is 1. The van der Waals surface area contributed by atoms with Crippen LogP contribution in [0.5, 0.6) is 5.75 Å². The fourth-order valence-electron chi connectivity index (χ4n) is 2.45.